The molecule has 1 fully saturated rings. The maximum atomic E-state index is 12.8. The Kier molecular flexibility index (Phi) is 8.99. The predicted molar refractivity (Wildman–Crippen MR) is 113 cm³/mol. The summed E-state index contributed by atoms with van der Waals surface area (Å²) in [5, 5.41) is 6.09. The lowest BCUT2D eigenvalue weighted by molar-refractivity contribution is -0.124. The van der Waals surface area contributed by atoms with Crippen molar-refractivity contribution in [2.75, 3.05) is 12.0 Å². The van der Waals surface area contributed by atoms with Crippen LogP contribution in [0, 0.1) is 5.92 Å². The first-order chi connectivity index (χ1) is 12.5. The molecule has 0 radical (unpaired) electrons. The fraction of sp³-hybridized carbons (Fsp3) is 0.600. The van der Waals surface area contributed by atoms with Crippen LogP contribution in [-0.2, 0) is 4.79 Å². The van der Waals surface area contributed by atoms with Crippen LogP contribution in [0.5, 0.6) is 0 Å². The average Bonchev–Trinajstić information content (AvgIpc) is 2.65. The van der Waals surface area contributed by atoms with Crippen molar-refractivity contribution in [2.24, 2.45) is 5.92 Å². The third-order valence-corrected chi connectivity index (χ3v) is 6.46. The van der Waals surface area contributed by atoms with Crippen LogP contribution in [0.2, 0.25) is 0 Å². The Labute approximate surface area is 169 Å². The first-order valence-corrected chi connectivity index (χ1v) is 11.6. The van der Waals surface area contributed by atoms with Gasteiger partial charge in [0.1, 0.15) is 6.04 Å². The van der Waals surface area contributed by atoms with Crippen molar-refractivity contribution in [3.63, 3.8) is 0 Å². The second-order valence-electron chi connectivity index (χ2n) is 6.92. The molecule has 0 spiro atoms. The van der Waals surface area contributed by atoms with Gasteiger partial charge in [-0.25, -0.2) is 0 Å². The molecule has 0 heterocycles. The van der Waals surface area contributed by atoms with Gasteiger partial charge >= 0.3 is 0 Å². The van der Waals surface area contributed by atoms with Gasteiger partial charge in [-0.05, 0) is 78.1 Å². The van der Waals surface area contributed by atoms with Crippen LogP contribution in [0.3, 0.4) is 0 Å². The van der Waals surface area contributed by atoms with E-state index in [-0.39, 0.29) is 17.9 Å². The first kappa shape index (κ1) is 21.3. The topological polar surface area (TPSA) is 58.2 Å². The van der Waals surface area contributed by atoms with Gasteiger partial charge in [0.15, 0.2) is 0 Å². The van der Waals surface area contributed by atoms with Gasteiger partial charge in [0.2, 0.25) is 5.91 Å². The number of nitrogens with one attached hydrogen (secondary N) is 2. The maximum absolute atomic E-state index is 12.8. The van der Waals surface area contributed by atoms with E-state index in [0.29, 0.717) is 12.0 Å². The van der Waals surface area contributed by atoms with Crippen LogP contribution in [0.25, 0.3) is 0 Å². The molecule has 0 bridgehead atoms. The zero-order valence-corrected chi connectivity index (χ0v) is 18.0. The highest BCUT2D eigenvalue weighted by Gasteiger charge is 2.26. The zero-order valence-electron chi connectivity index (χ0n) is 15.6. The Bertz CT molecular complexity index is 603. The molecular formula is C20H29BrN2O2S. The number of thioether (sulfide) groups is 1. The highest BCUT2D eigenvalue weighted by atomic mass is 79.9. The molecule has 1 unspecified atom stereocenters. The Morgan fingerprint density at radius 2 is 1.92 bits per heavy atom. The Morgan fingerprint density at radius 3 is 2.54 bits per heavy atom. The number of hydrogen-bond donors (Lipinski definition) is 2. The summed E-state index contributed by atoms with van der Waals surface area (Å²) >= 11 is 5.09. The van der Waals surface area contributed by atoms with Gasteiger partial charge in [-0.3, -0.25) is 9.59 Å². The van der Waals surface area contributed by atoms with Crippen molar-refractivity contribution in [1.82, 2.24) is 10.6 Å². The van der Waals surface area contributed by atoms with Crippen LogP contribution in [0.4, 0.5) is 0 Å². The fourth-order valence-corrected chi connectivity index (χ4v) is 4.34. The van der Waals surface area contributed by atoms with E-state index in [0.717, 1.165) is 29.0 Å². The second kappa shape index (κ2) is 11.0. The van der Waals surface area contributed by atoms with Crippen molar-refractivity contribution in [3.8, 4) is 0 Å². The van der Waals surface area contributed by atoms with Gasteiger partial charge in [-0.15, -0.1) is 0 Å². The average molecular weight is 441 g/mol. The minimum Gasteiger partial charge on any atom is -0.352 e. The lowest BCUT2D eigenvalue weighted by atomic mass is 9.84. The molecule has 1 aromatic carbocycles. The molecule has 2 N–H and O–H groups in total. The smallest absolute Gasteiger partial charge is 0.253 e. The Balaban J connectivity index is 1.96. The van der Waals surface area contributed by atoms with E-state index in [1.54, 1.807) is 17.8 Å². The summed E-state index contributed by atoms with van der Waals surface area (Å²) in [5.41, 5.74) is 0.554. The quantitative estimate of drug-likeness (QED) is 0.629. The third-order valence-electron chi connectivity index (χ3n) is 5.12. The van der Waals surface area contributed by atoms with E-state index in [9.17, 15) is 9.59 Å². The van der Waals surface area contributed by atoms with Gasteiger partial charge in [0.05, 0.1) is 5.56 Å². The number of carbonyl (C=O) groups excluding carboxylic acids is 2. The minimum atomic E-state index is -0.494. The molecular weight excluding hydrogens is 412 g/mol. The summed E-state index contributed by atoms with van der Waals surface area (Å²) in [5.74, 6) is 1.36. The van der Waals surface area contributed by atoms with Crippen LogP contribution >= 0.6 is 27.7 Å². The van der Waals surface area contributed by atoms with E-state index in [1.165, 1.54) is 19.3 Å². The molecule has 4 nitrogen and oxygen atoms in total. The van der Waals surface area contributed by atoms with Crippen molar-refractivity contribution in [1.29, 1.82) is 0 Å². The first-order valence-electron chi connectivity index (χ1n) is 9.39. The zero-order chi connectivity index (χ0) is 18.9. The SMILES string of the molecule is CCC1CCC(NC(=O)C(CCSC)NC(=O)c2ccccc2Br)CC1. The number of carbonyl (C=O) groups is 2. The van der Waals surface area contributed by atoms with Crippen LogP contribution in [0.1, 0.15) is 55.8 Å². The van der Waals surface area contributed by atoms with Gasteiger partial charge < -0.3 is 10.6 Å². The minimum absolute atomic E-state index is 0.0561. The molecule has 1 aliphatic carbocycles. The normalized spacial score (nSPS) is 21.0. The third kappa shape index (κ3) is 6.31. The number of hydrogen-bond acceptors (Lipinski definition) is 3. The Hall–Kier alpha value is -1.01. The largest absolute Gasteiger partial charge is 0.352 e. The summed E-state index contributed by atoms with van der Waals surface area (Å²) in [6, 6.07) is 7.02. The summed E-state index contributed by atoms with van der Waals surface area (Å²) in [7, 11) is 0. The lowest BCUT2D eigenvalue weighted by Gasteiger charge is -2.30. The molecule has 26 heavy (non-hydrogen) atoms. The molecule has 2 rings (SSSR count). The molecule has 144 valence electrons. The Morgan fingerprint density at radius 1 is 1.23 bits per heavy atom. The molecule has 0 aliphatic heterocycles. The van der Waals surface area contributed by atoms with E-state index < -0.39 is 6.04 Å². The second-order valence-corrected chi connectivity index (χ2v) is 8.76. The summed E-state index contributed by atoms with van der Waals surface area (Å²) in [6.07, 6.45) is 8.30. The van der Waals surface area contributed by atoms with Crippen LogP contribution in [-0.4, -0.2) is 35.9 Å². The monoisotopic (exact) mass is 440 g/mol. The standard InChI is InChI=1S/C20H29BrN2O2S/c1-3-14-8-10-15(11-9-14)22-20(25)18(12-13-26-2)23-19(24)16-6-4-5-7-17(16)21/h4-7,14-15,18H,3,8-13H2,1-2H3,(H,22,25)(H,23,24). The van der Waals surface area contributed by atoms with E-state index in [4.69, 9.17) is 0 Å². The highest BCUT2D eigenvalue weighted by Crippen LogP contribution is 2.26. The van der Waals surface area contributed by atoms with Crippen molar-refractivity contribution < 1.29 is 9.59 Å². The molecule has 0 aromatic heterocycles. The highest BCUT2D eigenvalue weighted by molar-refractivity contribution is 9.10. The lowest BCUT2D eigenvalue weighted by Crippen LogP contribution is -2.50. The summed E-state index contributed by atoms with van der Waals surface area (Å²) < 4.78 is 0.736. The maximum Gasteiger partial charge on any atom is 0.253 e. The van der Waals surface area contributed by atoms with E-state index in [1.807, 2.05) is 24.5 Å². The molecule has 6 heteroatoms. The van der Waals surface area contributed by atoms with E-state index in [2.05, 4.69) is 33.5 Å². The van der Waals surface area contributed by atoms with Crippen LogP contribution < -0.4 is 10.6 Å². The molecule has 1 saturated carbocycles. The molecule has 2 amide bonds. The van der Waals surface area contributed by atoms with Crippen molar-refractivity contribution >= 4 is 39.5 Å². The molecule has 1 atom stereocenters. The summed E-state index contributed by atoms with van der Waals surface area (Å²) in [4.78, 5) is 25.4. The molecule has 1 aromatic rings. The number of amides is 2. The predicted octanol–water partition coefficient (Wildman–Crippen LogP) is 4.39. The number of benzene rings is 1. The van der Waals surface area contributed by atoms with E-state index >= 15 is 0 Å². The molecule has 0 saturated heterocycles. The summed E-state index contributed by atoms with van der Waals surface area (Å²) in [6.45, 7) is 2.24. The van der Waals surface area contributed by atoms with Crippen molar-refractivity contribution in [2.45, 2.75) is 57.5 Å². The fourth-order valence-electron chi connectivity index (χ4n) is 3.40. The van der Waals surface area contributed by atoms with Crippen LogP contribution in [0.15, 0.2) is 28.7 Å². The van der Waals surface area contributed by atoms with Gasteiger partial charge in [0, 0.05) is 10.5 Å². The number of rotatable bonds is 8. The van der Waals surface area contributed by atoms with Gasteiger partial charge in [-0.1, -0.05) is 25.5 Å². The van der Waals surface area contributed by atoms with Gasteiger partial charge in [-0.2, -0.15) is 11.8 Å². The molecule has 1 aliphatic rings. The van der Waals surface area contributed by atoms with Crippen molar-refractivity contribution in [3.05, 3.63) is 34.3 Å². The van der Waals surface area contributed by atoms with Gasteiger partial charge in [0.25, 0.3) is 5.91 Å². The number of halogens is 1.